The highest BCUT2D eigenvalue weighted by Gasteiger charge is 2.08. The zero-order valence-corrected chi connectivity index (χ0v) is 15.9. The molecule has 1 N–H and O–H groups in total. The first-order valence-corrected chi connectivity index (χ1v) is 7.22. The quantitative estimate of drug-likeness (QED) is 0.295. The van der Waals surface area contributed by atoms with E-state index in [1.165, 1.54) is 0 Å². The molecule has 5 nitrogen and oxygen atoms in total. The minimum Gasteiger partial charge on any atom is -0.356 e. The van der Waals surface area contributed by atoms with E-state index in [9.17, 15) is 4.79 Å². The predicted molar refractivity (Wildman–Crippen MR) is 96.9 cm³/mol. The molecule has 0 aromatic rings. The van der Waals surface area contributed by atoms with E-state index in [1.807, 2.05) is 7.05 Å². The molecule has 0 aliphatic rings. The minimum absolute atomic E-state index is 0. The van der Waals surface area contributed by atoms with Crippen molar-refractivity contribution in [2.45, 2.75) is 39.5 Å². The van der Waals surface area contributed by atoms with E-state index in [0.29, 0.717) is 0 Å². The number of aliphatic imine (C=N–C) groups is 1. The van der Waals surface area contributed by atoms with E-state index in [2.05, 4.69) is 29.1 Å². The number of hydrogen-bond acceptors (Lipinski definition) is 2. The molecular formula is C14H31IN4O. The monoisotopic (exact) mass is 398 g/mol. The fourth-order valence-corrected chi connectivity index (χ4v) is 1.47. The molecule has 0 bridgehead atoms. The standard InChI is InChI=1S/C14H30N4O.HI/c1-6-8-10-15-14(18(5)11-9-7-2)16-12-13(19)17(3)4;/h6-12H2,1-5H3,(H,15,16);1H. The van der Waals surface area contributed by atoms with Gasteiger partial charge in [-0.15, -0.1) is 24.0 Å². The van der Waals surface area contributed by atoms with Crippen molar-refractivity contribution in [1.29, 1.82) is 0 Å². The van der Waals surface area contributed by atoms with Gasteiger partial charge in [-0.1, -0.05) is 26.7 Å². The highest BCUT2D eigenvalue weighted by atomic mass is 127. The molecule has 0 saturated carbocycles. The Labute approximate surface area is 141 Å². The summed E-state index contributed by atoms with van der Waals surface area (Å²) in [4.78, 5) is 19.7. The van der Waals surface area contributed by atoms with Crippen molar-refractivity contribution in [3.05, 3.63) is 0 Å². The molecule has 20 heavy (non-hydrogen) atoms. The van der Waals surface area contributed by atoms with Crippen LogP contribution >= 0.6 is 24.0 Å². The number of nitrogens with one attached hydrogen (secondary N) is 1. The Bertz CT molecular complexity index is 282. The zero-order valence-electron chi connectivity index (χ0n) is 13.6. The minimum atomic E-state index is 0. The van der Waals surface area contributed by atoms with Crippen LogP contribution in [0.15, 0.2) is 4.99 Å². The third-order valence-electron chi connectivity index (χ3n) is 2.88. The van der Waals surface area contributed by atoms with Crippen LogP contribution in [0.5, 0.6) is 0 Å². The fraction of sp³-hybridized carbons (Fsp3) is 0.857. The van der Waals surface area contributed by atoms with Gasteiger partial charge in [-0.2, -0.15) is 0 Å². The molecule has 0 aromatic heterocycles. The number of nitrogens with zero attached hydrogens (tertiary/aromatic N) is 3. The largest absolute Gasteiger partial charge is 0.356 e. The summed E-state index contributed by atoms with van der Waals surface area (Å²) in [5.41, 5.74) is 0. The van der Waals surface area contributed by atoms with E-state index in [1.54, 1.807) is 19.0 Å². The number of unbranched alkanes of at least 4 members (excludes halogenated alkanes) is 2. The van der Waals surface area contributed by atoms with E-state index in [-0.39, 0.29) is 36.4 Å². The van der Waals surface area contributed by atoms with Gasteiger partial charge in [-0.25, -0.2) is 4.99 Å². The normalized spacial score (nSPS) is 10.8. The van der Waals surface area contributed by atoms with E-state index >= 15 is 0 Å². The van der Waals surface area contributed by atoms with Crippen molar-refractivity contribution in [2.24, 2.45) is 4.99 Å². The Hall–Kier alpha value is -0.530. The lowest BCUT2D eigenvalue weighted by molar-refractivity contribution is -0.127. The topological polar surface area (TPSA) is 47.9 Å². The maximum absolute atomic E-state index is 11.6. The Morgan fingerprint density at radius 2 is 1.70 bits per heavy atom. The third kappa shape index (κ3) is 10.3. The lowest BCUT2D eigenvalue weighted by Gasteiger charge is -2.22. The van der Waals surface area contributed by atoms with Gasteiger partial charge in [0.15, 0.2) is 5.96 Å². The van der Waals surface area contributed by atoms with Crippen molar-refractivity contribution in [3.63, 3.8) is 0 Å². The second kappa shape index (κ2) is 13.5. The lowest BCUT2D eigenvalue weighted by atomic mass is 10.3. The zero-order chi connectivity index (χ0) is 14.7. The van der Waals surface area contributed by atoms with E-state index < -0.39 is 0 Å². The molecule has 0 heterocycles. The van der Waals surface area contributed by atoms with Gasteiger partial charge >= 0.3 is 0 Å². The van der Waals surface area contributed by atoms with Crippen molar-refractivity contribution in [3.8, 4) is 0 Å². The highest BCUT2D eigenvalue weighted by molar-refractivity contribution is 14.0. The summed E-state index contributed by atoms with van der Waals surface area (Å²) < 4.78 is 0. The van der Waals surface area contributed by atoms with Gasteiger partial charge < -0.3 is 15.1 Å². The van der Waals surface area contributed by atoms with Gasteiger partial charge in [0.05, 0.1) is 0 Å². The van der Waals surface area contributed by atoms with Crippen LogP contribution in [0, 0.1) is 0 Å². The van der Waals surface area contributed by atoms with Crippen molar-refractivity contribution in [2.75, 3.05) is 40.8 Å². The van der Waals surface area contributed by atoms with Gasteiger partial charge in [0.2, 0.25) is 5.91 Å². The fourth-order valence-electron chi connectivity index (χ4n) is 1.47. The van der Waals surface area contributed by atoms with Crippen LogP contribution in [0.2, 0.25) is 0 Å². The summed E-state index contributed by atoms with van der Waals surface area (Å²) >= 11 is 0. The van der Waals surface area contributed by atoms with Crippen LogP contribution in [0.1, 0.15) is 39.5 Å². The maximum atomic E-state index is 11.6. The molecule has 0 aliphatic carbocycles. The Morgan fingerprint density at radius 1 is 1.10 bits per heavy atom. The van der Waals surface area contributed by atoms with Crippen molar-refractivity contribution in [1.82, 2.24) is 15.1 Å². The summed E-state index contributed by atoms with van der Waals surface area (Å²) in [5.74, 6) is 0.857. The molecule has 6 heteroatoms. The summed E-state index contributed by atoms with van der Waals surface area (Å²) in [6.45, 7) is 6.41. The van der Waals surface area contributed by atoms with Gasteiger partial charge in [-0.05, 0) is 12.8 Å². The second-order valence-electron chi connectivity index (χ2n) is 4.98. The van der Waals surface area contributed by atoms with Crippen LogP contribution in [-0.2, 0) is 4.79 Å². The van der Waals surface area contributed by atoms with Gasteiger partial charge in [0.25, 0.3) is 0 Å². The SMILES string of the molecule is CCCCNC(=NCC(=O)N(C)C)N(C)CCCC.I. The summed E-state index contributed by atoms with van der Waals surface area (Å²) in [5, 5.41) is 3.33. The molecule has 0 radical (unpaired) electrons. The Kier molecular flexibility index (Phi) is 14.6. The summed E-state index contributed by atoms with van der Waals surface area (Å²) in [6, 6.07) is 0. The number of halogens is 1. The molecular weight excluding hydrogens is 367 g/mol. The molecule has 0 fully saturated rings. The van der Waals surface area contributed by atoms with E-state index in [0.717, 1.165) is 44.7 Å². The molecule has 120 valence electrons. The summed E-state index contributed by atoms with van der Waals surface area (Å²) in [7, 11) is 5.53. The van der Waals surface area contributed by atoms with Crippen LogP contribution in [0.3, 0.4) is 0 Å². The van der Waals surface area contributed by atoms with Crippen LogP contribution in [0.4, 0.5) is 0 Å². The molecule has 1 amide bonds. The molecule has 0 spiro atoms. The van der Waals surface area contributed by atoms with Gasteiger partial charge in [0.1, 0.15) is 6.54 Å². The molecule has 0 atom stereocenters. The highest BCUT2D eigenvalue weighted by Crippen LogP contribution is 1.94. The number of likely N-dealkylation sites (N-methyl/N-ethyl adjacent to an activating group) is 1. The smallest absolute Gasteiger partial charge is 0.243 e. The number of guanidine groups is 1. The number of rotatable bonds is 8. The predicted octanol–water partition coefficient (Wildman–Crippen LogP) is 2.17. The van der Waals surface area contributed by atoms with Gasteiger partial charge in [-0.3, -0.25) is 4.79 Å². The summed E-state index contributed by atoms with van der Waals surface area (Å²) in [6.07, 6.45) is 4.55. The lowest BCUT2D eigenvalue weighted by Crippen LogP contribution is -2.40. The number of hydrogen-bond donors (Lipinski definition) is 1. The molecule has 0 aromatic carbocycles. The van der Waals surface area contributed by atoms with Crippen molar-refractivity contribution < 1.29 is 4.79 Å². The first kappa shape index (κ1) is 21.8. The van der Waals surface area contributed by atoms with Gasteiger partial charge in [0, 0.05) is 34.2 Å². The van der Waals surface area contributed by atoms with Crippen LogP contribution in [-0.4, -0.2) is 62.4 Å². The first-order valence-electron chi connectivity index (χ1n) is 7.22. The van der Waals surface area contributed by atoms with Crippen molar-refractivity contribution >= 4 is 35.8 Å². The third-order valence-corrected chi connectivity index (χ3v) is 2.88. The second-order valence-corrected chi connectivity index (χ2v) is 4.98. The molecule has 0 aliphatic heterocycles. The Morgan fingerprint density at radius 3 is 2.20 bits per heavy atom. The molecule has 0 saturated heterocycles. The molecule has 0 rings (SSSR count). The average Bonchev–Trinajstić information content (AvgIpc) is 2.39. The Balaban J connectivity index is 0. The molecule has 0 unspecified atom stereocenters. The average molecular weight is 398 g/mol. The van der Waals surface area contributed by atoms with Crippen LogP contribution < -0.4 is 5.32 Å². The number of carbonyl (C=O) groups excluding carboxylic acids is 1. The number of carbonyl (C=O) groups is 1. The first-order chi connectivity index (χ1) is 9.02. The van der Waals surface area contributed by atoms with Crippen LogP contribution in [0.25, 0.3) is 0 Å². The van der Waals surface area contributed by atoms with E-state index in [4.69, 9.17) is 0 Å². The maximum Gasteiger partial charge on any atom is 0.243 e. The number of amides is 1.